The number of halogens is 1. The van der Waals surface area contributed by atoms with Gasteiger partial charge in [-0.25, -0.2) is 4.79 Å². The average Bonchev–Trinajstić information content (AvgIpc) is 1.85. The molecule has 3 heteroatoms. The number of rotatable bonds is 3. The van der Waals surface area contributed by atoms with Gasteiger partial charge in [-0.05, 0) is 0 Å². The minimum absolute atomic E-state index is 0.222. The number of carbonyl (C=O) groups excluding carboxylic acids is 1. The van der Waals surface area contributed by atoms with Crippen LogP contribution >= 0.6 is 11.6 Å². The molecular weight excluding hydrogens is 140 g/mol. The summed E-state index contributed by atoms with van der Waals surface area (Å²) in [6.07, 6.45) is 2.62. The van der Waals surface area contributed by atoms with Crippen LogP contribution in [0, 0.1) is 0 Å². The highest BCUT2D eigenvalue weighted by Crippen LogP contribution is 1.83. The molecule has 50 valence electrons. The molecule has 0 unspecified atom stereocenters. The van der Waals surface area contributed by atoms with Crippen molar-refractivity contribution in [2.24, 2.45) is 0 Å². The van der Waals surface area contributed by atoms with Gasteiger partial charge in [0, 0.05) is 11.6 Å². The second-order valence-corrected chi connectivity index (χ2v) is 1.46. The fourth-order valence-electron chi connectivity index (χ4n) is 0.241. The monoisotopic (exact) mass is 146 g/mol. The minimum Gasteiger partial charge on any atom is -0.458 e. The van der Waals surface area contributed by atoms with Crippen molar-refractivity contribution in [2.45, 2.75) is 0 Å². The summed E-state index contributed by atoms with van der Waals surface area (Å²) < 4.78 is 4.50. The Morgan fingerprint density at radius 2 is 2.44 bits per heavy atom. The zero-order valence-corrected chi connectivity index (χ0v) is 5.60. The smallest absolute Gasteiger partial charge is 0.331 e. The lowest BCUT2D eigenvalue weighted by Crippen LogP contribution is -1.98. The van der Waals surface area contributed by atoms with Gasteiger partial charge < -0.3 is 4.74 Å². The van der Waals surface area contributed by atoms with Gasteiger partial charge in [0.2, 0.25) is 0 Å². The molecule has 0 heterocycles. The average molecular weight is 147 g/mol. The lowest BCUT2D eigenvalue weighted by molar-refractivity contribution is -0.136. The van der Waals surface area contributed by atoms with Gasteiger partial charge in [-0.1, -0.05) is 24.3 Å². The highest BCUT2D eigenvalue weighted by atomic mass is 35.5. The van der Waals surface area contributed by atoms with E-state index >= 15 is 0 Å². The van der Waals surface area contributed by atoms with Gasteiger partial charge in [-0.15, -0.1) is 0 Å². The first-order valence-electron chi connectivity index (χ1n) is 2.35. The van der Waals surface area contributed by atoms with E-state index in [2.05, 4.69) is 11.3 Å². The van der Waals surface area contributed by atoms with Crippen molar-refractivity contribution in [3.8, 4) is 0 Å². The summed E-state index contributed by atoms with van der Waals surface area (Å²) in [5, 5.41) is 0. The number of ether oxygens (including phenoxy) is 1. The van der Waals surface area contributed by atoms with E-state index in [4.69, 9.17) is 11.6 Å². The van der Waals surface area contributed by atoms with Gasteiger partial charge in [0.15, 0.2) is 0 Å². The molecule has 9 heavy (non-hydrogen) atoms. The fourth-order valence-corrected chi connectivity index (χ4v) is 0.343. The van der Waals surface area contributed by atoms with Crippen LogP contribution in [0.1, 0.15) is 0 Å². The van der Waals surface area contributed by atoms with Crippen molar-refractivity contribution in [3.63, 3.8) is 0 Å². The maximum absolute atomic E-state index is 10.4. The van der Waals surface area contributed by atoms with Crippen molar-refractivity contribution in [1.82, 2.24) is 0 Å². The van der Waals surface area contributed by atoms with Crippen LogP contribution in [0.3, 0.4) is 0 Å². The Morgan fingerprint density at radius 3 is 2.89 bits per heavy atom. The molecule has 0 rings (SSSR count). The lowest BCUT2D eigenvalue weighted by Gasteiger charge is -1.92. The lowest BCUT2D eigenvalue weighted by atomic mass is 10.6. The molecule has 0 aromatic rings. The van der Waals surface area contributed by atoms with Gasteiger partial charge in [0.1, 0.15) is 6.61 Å². The van der Waals surface area contributed by atoms with Crippen LogP contribution in [0.5, 0.6) is 0 Å². The Kier molecular flexibility index (Phi) is 4.92. The molecular formula is C6H7ClO2. The Balaban J connectivity index is 3.38. The van der Waals surface area contributed by atoms with Gasteiger partial charge in [-0.3, -0.25) is 0 Å². The quantitative estimate of drug-likeness (QED) is 0.342. The van der Waals surface area contributed by atoms with Crippen LogP contribution in [0.15, 0.2) is 24.3 Å². The van der Waals surface area contributed by atoms with Gasteiger partial charge >= 0.3 is 5.97 Å². The highest BCUT2D eigenvalue weighted by Gasteiger charge is 1.90. The molecule has 0 N–H and O–H groups in total. The first-order valence-corrected chi connectivity index (χ1v) is 2.79. The molecule has 0 saturated carbocycles. The summed E-state index contributed by atoms with van der Waals surface area (Å²) in [6.45, 7) is 3.58. The second-order valence-electron chi connectivity index (χ2n) is 1.21. The molecule has 0 saturated heterocycles. The molecule has 0 aromatic carbocycles. The molecule has 0 fully saturated rings. The summed E-state index contributed by atoms with van der Waals surface area (Å²) in [5.41, 5.74) is 1.10. The van der Waals surface area contributed by atoms with E-state index in [1.165, 1.54) is 6.08 Å². The molecule has 0 aliphatic carbocycles. The molecule has 0 aliphatic heterocycles. The summed E-state index contributed by atoms with van der Waals surface area (Å²) in [7, 11) is 0. The predicted octanol–water partition coefficient (Wildman–Crippen LogP) is 1.47. The van der Waals surface area contributed by atoms with Crippen LogP contribution in [0.2, 0.25) is 0 Å². The van der Waals surface area contributed by atoms with E-state index in [9.17, 15) is 4.79 Å². The summed E-state index contributed by atoms with van der Waals surface area (Å²) in [5.74, 6) is -0.454. The summed E-state index contributed by atoms with van der Waals surface area (Å²) in [6, 6.07) is 0. The van der Waals surface area contributed by atoms with Crippen molar-refractivity contribution >= 4 is 17.6 Å². The SMILES string of the molecule is C=CCOC(=O)C=CCl. The zero-order valence-electron chi connectivity index (χ0n) is 4.84. The normalized spacial score (nSPS) is 9.44. The molecule has 0 aliphatic rings. The van der Waals surface area contributed by atoms with E-state index in [0.29, 0.717) is 0 Å². The second kappa shape index (κ2) is 5.38. The van der Waals surface area contributed by atoms with Crippen LogP contribution in [0.25, 0.3) is 0 Å². The Bertz CT molecular complexity index is 129. The van der Waals surface area contributed by atoms with Gasteiger partial charge in [0.05, 0.1) is 0 Å². The predicted molar refractivity (Wildman–Crippen MR) is 36.1 cm³/mol. The molecule has 0 amide bonds. The third-order valence-electron chi connectivity index (χ3n) is 0.543. The summed E-state index contributed by atoms with van der Waals surface area (Å²) in [4.78, 5) is 10.4. The first kappa shape index (κ1) is 8.24. The number of hydrogen-bond donors (Lipinski definition) is 0. The summed E-state index contributed by atoms with van der Waals surface area (Å²) >= 11 is 5.07. The van der Waals surface area contributed by atoms with E-state index in [-0.39, 0.29) is 6.61 Å². The van der Waals surface area contributed by atoms with Crippen molar-refractivity contribution in [2.75, 3.05) is 6.61 Å². The molecule has 0 radical (unpaired) electrons. The van der Waals surface area contributed by atoms with Crippen LogP contribution < -0.4 is 0 Å². The number of esters is 1. The first-order chi connectivity index (χ1) is 4.31. The van der Waals surface area contributed by atoms with Crippen LogP contribution in [0.4, 0.5) is 0 Å². The molecule has 0 aromatic heterocycles. The minimum atomic E-state index is -0.454. The third kappa shape index (κ3) is 5.11. The molecule has 0 atom stereocenters. The largest absolute Gasteiger partial charge is 0.458 e. The molecule has 2 nitrogen and oxygen atoms in total. The van der Waals surface area contributed by atoms with Crippen LogP contribution in [-0.4, -0.2) is 12.6 Å². The van der Waals surface area contributed by atoms with Gasteiger partial charge in [-0.2, -0.15) is 0 Å². The Morgan fingerprint density at radius 1 is 1.78 bits per heavy atom. The van der Waals surface area contributed by atoms with E-state index in [1.807, 2.05) is 0 Å². The van der Waals surface area contributed by atoms with Crippen molar-refractivity contribution < 1.29 is 9.53 Å². The number of hydrogen-bond acceptors (Lipinski definition) is 2. The van der Waals surface area contributed by atoms with Crippen molar-refractivity contribution in [3.05, 3.63) is 24.3 Å². The third-order valence-corrected chi connectivity index (χ3v) is 0.669. The zero-order chi connectivity index (χ0) is 7.11. The Labute approximate surface area is 58.8 Å². The van der Waals surface area contributed by atoms with Crippen molar-refractivity contribution in [1.29, 1.82) is 0 Å². The standard InChI is InChI=1S/C6H7ClO2/c1-2-5-9-6(8)3-4-7/h2-4H,1,5H2. The number of carbonyl (C=O) groups is 1. The Hall–Kier alpha value is -0.760. The fraction of sp³-hybridized carbons (Fsp3) is 0.167. The van der Waals surface area contributed by atoms with E-state index < -0.39 is 5.97 Å². The topological polar surface area (TPSA) is 26.3 Å². The molecule has 0 spiro atoms. The van der Waals surface area contributed by atoms with E-state index in [0.717, 1.165) is 11.6 Å². The maximum atomic E-state index is 10.4. The molecule has 0 bridgehead atoms. The van der Waals surface area contributed by atoms with E-state index in [1.54, 1.807) is 0 Å². The maximum Gasteiger partial charge on any atom is 0.331 e. The van der Waals surface area contributed by atoms with Crippen LogP contribution in [-0.2, 0) is 9.53 Å². The van der Waals surface area contributed by atoms with Gasteiger partial charge in [0.25, 0.3) is 0 Å². The highest BCUT2D eigenvalue weighted by molar-refractivity contribution is 6.26.